The first-order valence-corrected chi connectivity index (χ1v) is 12.4. The third-order valence-electron chi connectivity index (χ3n) is 6.54. The van der Waals surface area contributed by atoms with Crippen LogP contribution in [0.25, 0.3) is 26.4 Å². The van der Waals surface area contributed by atoms with Crippen LogP contribution in [0.15, 0.2) is 12.1 Å². The van der Waals surface area contributed by atoms with Gasteiger partial charge in [-0.3, -0.25) is 0 Å². The number of hydrogen-bond acceptors (Lipinski definition) is 7. The fourth-order valence-corrected chi connectivity index (χ4v) is 5.63. The van der Waals surface area contributed by atoms with Crippen LogP contribution in [0, 0.1) is 13.5 Å². The molecule has 3 aromatic rings. The van der Waals surface area contributed by atoms with Gasteiger partial charge < -0.3 is 19.2 Å². The van der Waals surface area contributed by atoms with Crippen LogP contribution in [0.1, 0.15) is 57.5 Å². The molecule has 2 atom stereocenters. The molecule has 2 fully saturated rings. The van der Waals surface area contributed by atoms with Gasteiger partial charge in [0.2, 0.25) is 0 Å². The van der Waals surface area contributed by atoms with Crippen molar-refractivity contribution in [2.75, 3.05) is 31.3 Å². The van der Waals surface area contributed by atoms with E-state index in [1.807, 2.05) is 25.5 Å². The van der Waals surface area contributed by atoms with Gasteiger partial charge in [-0.15, -0.1) is 0 Å². The second-order valence-corrected chi connectivity index (χ2v) is 10.2. The summed E-state index contributed by atoms with van der Waals surface area (Å²) in [7, 11) is 0. The number of ether oxygens (including phenoxy) is 2. The van der Waals surface area contributed by atoms with Gasteiger partial charge in [0.25, 0.3) is 5.54 Å². The zero-order chi connectivity index (χ0) is 23.2. The Morgan fingerprint density at radius 3 is 2.82 bits per heavy atom. The van der Waals surface area contributed by atoms with Crippen LogP contribution < -0.4 is 4.90 Å². The van der Waals surface area contributed by atoms with E-state index in [1.54, 1.807) is 0 Å². The molecule has 5 rings (SSSR count). The van der Waals surface area contributed by atoms with E-state index < -0.39 is 5.54 Å². The molecule has 3 aromatic heterocycles. The van der Waals surface area contributed by atoms with Gasteiger partial charge in [-0.25, -0.2) is 16.2 Å². The third-order valence-corrected chi connectivity index (χ3v) is 7.41. The van der Waals surface area contributed by atoms with Crippen molar-refractivity contribution in [3.05, 3.63) is 34.8 Å². The molecule has 2 aliphatic heterocycles. The van der Waals surface area contributed by atoms with E-state index in [-0.39, 0.29) is 12.3 Å². The van der Waals surface area contributed by atoms with Gasteiger partial charge >= 0.3 is 0 Å². The number of aromatic nitrogens is 4. The summed E-state index contributed by atoms with van der Waals surface area (Å²) in [4.78, 5) is 11.3. The van der Waals surface area contributed by atoms with Crippen molar-refractivity contribution in [1.82, 2.24) is 19.1 Å². The number of fused-ring (bicyclic) bond motifs is 1. The second kappa shape index (κ2) is 8.67. The van der Waals surface area contributed by atoms with Crippen LogP contribution in [0.2, 0.25) is 0 Å². The Morgan fingerprint density at radius 2 is 2.09 bits per heavy atom. The van der Waals surface area contributed by atoms with Crippen molar-refractivity contribution >= 4 is 27.6 Å². The highest BCUT2D eigenvalue weighted by Gasteiger charge is 2.34. The van der Waals surface area contributed by atoms with E-state index in [0.717, 1.165) is 71.1 Å². The van der Waals surface area contributed by atoms with Crippen molar-refractivity contribution < 1.29 is 9.47 Å². The van der Waals surface area contributed by atoms with Crippen LogP contribution in [0.5, 0.6) is 0 Å². The molecule has 0 bridgehead atoms. The molecule has 33 heavy (non-hydrogen) atoms. The topological polar surface area (TPSA) is 69.7 Å². The highest BCUT2D eigenvalue weighted by molar-refractivity contribution is 7.13. The van der Waals surface area contributed by atoms with Crippen molar-refractivity contribution in [3.63, 3.8) is 0 Å². The summed E-state index contributed by atoms with van der Waals surface area (Å²) in [6.07, 6.45) is 3.07. The molecule has 5 heterocycles. The van der Waals surface area contributed by atoms with E-state index in [1.165, 1.54) is 11.5 Å². The minimum atomic E-state index is -0.683. The highest BCUT2D eigenvalue weighted by Crippen LogP contribution is 2.41. The van der Waals surface area contributed by atoms with E-state index in [4.69, 9.17) is 30.5 Å². The van der Waals surface area contributed by atoms with Crippen molar-refractivity contribution in [1.29, 1.82) is 0 Å². The van der Waals surface area contributed by atoms with Gasteiger partial charge in [0, 0.05) is 27.0 Å². The van der Waals surface area contributed by atoms with Crippen molar-refractivity contribution in [2.24, 2.45) is 0 Å². The molecule has 0 radical (unpaired) electrons. The van der Waals surface area contributed by atoms with E-state index in [9.17, 15) is 0 Å². The second-order valence-electron chi connectivity index (χ2n) is 9.46. The molecule has 0 amide bonds. The molecule has 174 valence electrons. The molecule has 0 aromatic carbocycles. The molecule has 2 saturated heterocycles. The van der Waals surface area contributed by atoms with Gasteiger partial charge in [-0.2, -0.15) is 9.47 Å². The van der Waals surface area contributed by atoms with Crippen molar-refractivity contribution in [3.8, 4) is 11.4 Å². The lowest BCUT2D eigenvalue weighted by molar-refractivity contribution is -0.0385. The number of pyridine rings is 1. The molecule has 0 saturated carbocycles. The lowest BCUT2D eigenvalue weighted by Crippen LogP contribution is -2.44. The summed E-state index contributed by atoms with van der Waals surface area (Å²) >= 11 is 1.42. The molecular weight excluding hydrogens is 436 g/mol. The van der Waals surface area contributed by atoms with Gasteiger partial charge in [0.15, 0.2) is 6.23 Å². The molecule has 9 heteroatoms. The zero-order valence-electron chi connectivity index (χ0n) is 19.7. The van der Waals surface area contributed by atoms with Crippen LogP contribution in [-0.2, 0) is 15.0 Å². The Bertz CT molecular complexity index is 1200. The fraction of sp³-hybridized carbons (Fsp3) is 0.583. The van der Waals surface area contributed by atoms with E-state index >= 15 is 0 Å². The average molecular weight is 467 g/mol. The summed E-state index contributed by atoms with van der Waals surface area (Å²) in [5.74, 6) is 0.878. The summed E-state index contributed by atoms with van der Waals surface area (Å²) < 4.78 is 19.5. The lowest BCUT2D eigenvalue weighted by atomic mass is 9.95. The quantitative estimate of drug-likeness (QED) is 0.507. The Morgan fingerprint density at radius 1 is 1.24 bits per heavy atom. The van der Waals surface area contributed by atoms with Crippen LogP contribution >= 0.6 is 11.5 Å². The maximum atomic E-state index is 7.84. The maximum Gasteiger partial charge on any atom is 0.253 e. The largest absolute Gasteiger partial charge is 0.377 e. The standard InChI is InChI=1S/C24H30N6O2S/c1-15-12-18(30(27-15)20-8-6-7-10-32-20)21-22-23(33-28-21)17(24(3,4)25-5)13-19(26-22)29-9-11-31-14-16(29)2/h12-13,16,20H,6-11,14H2,1-4H3/t16-,20?/m1/s1. The van der Waals surface area contributed by atoms with Crippen LogP contribution in [0.4, 0.5) is 5.82 Å². The van der Waals surface area contributed by atoms with Gasteiger partial charge in [-0.05, 0) is 56.8 Å². The normalized spacial score (nSPS) is 22.0. The Labute approximate surface area is 198 Å². The number of rotatable bonds is 4. The number of morpholine rings is 1. The van der Waals surface area contributed by atoms with Crippen LogP contribution in [-0.4, -0.2) is 51.5 Å². The first-order chi connectivity index (χ1) is 15.9. The van der Waals surface area contributed by atoms with Gasteiger partial charge in [0.1, 0.15) is 17.0 Å². The summed E-state index contributed by atoms with van der Waals surface area (Å²) in [6.45, 7) is 18.8. The lowest BCUT2D eigenvalue weighted by Gasteiger charge is -2.34. The number of hydrogen-bond donors (Lipinski definition) is 0. The van der Waals surface area contributed by atoms with Gasteiger partial charge in [-0.1, -0.05) is 0 Å². The molecule has 1 unspecified atom stereocenters. The third kappa shape index (κ3) is 4.01. The average Bonchev–Trinajstić information content (AvgIpc) is 3.42. The first-order valence-electron chi connectivity index (χ1n) is 11.6. The number of anilines is 1. The minimum absolute atomic E-state index is 0.0826. The van der Waals surface area contributed by atoms with E-state index in [0.29, 0.717) is 13.2 Å². The number of nitrogens with zero attached hydrogens (tertiary/aromatic N) is 6. The number of aryl methyl sites for hydroxylation is 1. The smallest absolute Gasteiger partial charge is 0.253 e. The molecule has 0 spiro atoms. The van der Waals surface area contributed by atoms with Crippen molar-refractivity contribution in [2.45, 2.75) is 64.8 Å². The summed E-state index contributed by atoms with van der Waals surface area (Å²) in [6, 6.07) is 4.36. The predicted octanol–water partition coefficient (Wildman–Crippen LogP) is 4.94. The fourth-order valence-electron chi connectivity index (χ4n) is 4.63. The summed E-state index contributed by atoms with van der Waals surface area (Å²) in [5.41, 5.74) is 3.79. The molecule has 0 N–H and O–H groups in total. The Kier molecular flexibility index (Phi) is 5.85. The Balaban J connectivity index is 1.70. The monoisotopic (exact) mass is 466 g/mol. The molecule has 8 nitrogen and oxygen atoms in total. The van der Waals surface area contributed by atoms with Crippen LogP contribution in [0.3, 0.4) is 0 Å². The first kappa shape index (κ1) is 22.3. The molecule has 2 aliphatic rings. The van der Waals surface area contributed by atoms with E-state index in [2.05, 4.69) is 28.8 Å². The minimum Gasteiger partial charge on any atom is -0.377 e. The zero-order valence-corrected chi connectivity index (χ0v) is 20.5. The molecular formula is C24H30N6O2S. The maximum absolute atomic E-state index is 7.84. The highest BCUT2D eigenvalue weighted by atomic mass is 32.1. The summed E-state index contributed by atoms with van der Waals surface area (Å²) in [5, 5.41) is 4.76. The Hall–Kier alpha value is -2.54. The predicted molar refractivity (Wildman–Crippen MR) is 129 cm³/mol. The SMILES string of the molecule is [C-]#[N+]C(C)(C)c1cc(N2CCOC[C@H]2C)nc2c(-c3cc(C)nn3C3CCCCO3)nsc12. The molecule has 0 aliphatic carbocycles. The van der Waals surface area contributed by atoms with Gasteiger partial charge in [0.05, 0.1) is 40.9 Å².